The Bertz CT molecular complexity index is 2700. The molecule has 8 unspecified atom stereocenters. The summed E-state index contributed by atoms with van der Waals surface area (Å²) < 4.78 is 11.4. The molecule has 76 heavy (non-hydrogen) atoms. The molecule has 0 saturated carbocycles. The Morgan fingerprint density at radius 2 is 0.895 bits per heavy atom. The molecule has 8 amide bonds. The Hall–Kier alpha value is -7.48. The van der Waals surface area contributed by atoms with E-state index >= 15 is 0 Å². The topological polar surface area (TPSA) is 302 Å². The fourth-order valence-corrected chi connectivity index (χ4v) is 11.1. The summed E-state index contributed by atoms with van der Waals surface area (Å²) in [4.78, 5) is 164. The number of hydrogen-bond acceptors (Lipinski definition) is 18. The zero-order valence-electron chi connectivity index (χ0n) is 43.7. The van der Waals surface area contributed by atoms with Crippen LogP contribution < -0.4 is 21.3 Å². The van der Waals surface area contributed by atoms with E-state index in [0.29, 0.717) is 22.1 Å². The minimum absolute atomic E-state index is 0.157. The molecule has 0 aliphatic carbocycles. The number of nitrogens with one attached hydrogen (secondary N) is 4. The Balaban J connectivity index is 1.39. The number of likely N-dealkylation sites (N-methyl/N-ethyl adjacent to an activating group) is 4. The van der Waals surface area contributed by atoms with E-state index in [0.717, 1.165) is 41.2 Å². The molecule has 0 spiro atoms. The normalized spacial score (nSPS) is 24.7. The molecule has 4 heterocycles. The summed E-state index contributed by atoms with van der Waals surface area (Å²) in [5.74, 6) is -10.3. The van der Waals surface area contributed by atoms with Crippen LogP contribution >= 0.6 is 21.6 Å². The average Bonchev–Trinajstić information content (AvgIpc) is 3.39. The van der Waals surface area contributed by atoms with E-state index in [9.17, 15) is 47.9 Å². The third-order valence-corrected chi connectivity index (χ3v) is 15.2. The number of carbonyl (C=O) groups excluding carboxylic acids is 10. The molecule has 2 aromatic carbocycles. The lowest BCUT2D eigenvalue weighted by Gasteiger charge is -2.37. The van der Waals surface area contributed by atoms with Crippen LogP contribution in [0.3, 0.4) is 0 Å². The number of esters is 2. The van der Waals surface area contributed by atoms with E-state index in [2.05, 4.69) is 41.2 Å². The lowest BCUT2D eigenvalue weighted by molar-refractivity contribution is -0.160. The third kappa shape index (κ3) is 13.5. The highest BCUT2D eigenvalue weighted by Crippen LogP contribution is 2.29. The van der Waals surface area contributed by atoms with Gasteiger partial charge in [-0.05, 0) is 49.9 Å². The molecule has 0 radical (unpaired) electrons. The van der Waals surface area contributed by atoms with E-state index in [1.54, 1.807) is 76.2 Å². The lowest BCUT2D eigenvalue weighted by Crippen LogP contribution is -2.60. The quantitative estimate of drug-likeness (QED) is 0.152. The van der Waals surface area contributed by atoms with E-state index < -0.39 is 133 Å². The summed E-state index contributed by atoms with van der Waals surface area (Å²) in [5, 5.41) is 10.2. The first-order chi connectivity index (χ1) is 36.0. The molecule has 24 nitrogen and oxygen atoms in total. The summed E-state index contributed by atoms with van der Waals surface area (Å²) >= 11 is 0. The number of benzene rings is 2. The van der Waals surface area contributed by atoms with E-state index in [1.165, 1.54) is 54.4 Å². The Morgan fingerprint density at radius 1 is 0.553 bits per heavy atom. The van der Waals surface area contributed by atoms with Gasteiger partial charge in [0.2, 0.25) is 35.4 Å². The van der Waals surface area contributed by atoms with Gasteiger partial charge >= 0.3 is 11.9 Å². The standard InChI is InChI=1S/C50H62N12O12S2/c1-25(2)39-49(71)73-21-35(57-41(63)33-19-51-29-15-11-13-17-31(29)55-33)43(65)53-28(6)46(68)60(8)38-24-76-75-23-37(47(69)61(39)9)59(7)45(67)27(5)54-44(66)36(22-74-50(72)40(26(3)4)62(10)48(38)70)58-42(64)34-20-52-30-16-12-14-18-32(30)56-34/h11-20,25-28,35-40H,21-24H2,1-10H3,(H,53,65)(H,54,66)(H,57,63)(H,58,64). The van der Waals surface area contributed by atoms with Crippen LogP contribution in [0.2, 0.25) is 0 Å². The molecule has 26 heteroatoms. The van der Waals surface area contributed by atoms with Crippen molar-refractivity contribution in [3.8, 4) is 0 Å². The first-order valence-electron chi connectivity index (χ1n) is 24.3. The van der Waals surface area contributed by atoms with E-state index in [1.807, 2.05) is 0 Å². The molecule has 2 saturated heterocycles. The second-order valence-electron chi connectivity index (χ2n) is 19.0. The van der Waals surface area contributed by atoms with Crippen molar-refractivity contribution < 1.29 is 57.4 Å². The smallest absolute Gasteiger partial charge is 0.329 e. The number of para-hydroxylation sites is 4. The van der Waals surface area contributed by atoms with Crippen LogP contribution in [0.4, 0.5) is 0 Å². The SMILES string of the molecule is CC1NC(=O)C(NC(=O)c2cnc3ccccc3n2)COC(=O)C(C(C)C)N(C)C(=O)C2CSSCC(C(=O)N(C)C(C(C)C)C(=O)OCC(NC(=O)c3cnc4ccccc4n3)C(=O)NC(C)C(=O)N2C)N(C)C1=O. The van der Waals surface area contributed by atoms with Gasteiger partial charge in [0.25, 0.3) is 11.8 Å². The fourth-order valence-electron chi connectivity index (χ4n) is 8.56. The number of ether oxygens (including phenoxy) is 2. The molecule has 2 aliphatic heterocycles. The largest absolute Gasteiger partial charge is 0.461 e. The Labute approximate surface area is 446 Å². The van der Waals surface area contributed by atoms with Gasteiger partial charge in [-0.2, -0.15) is 0 Å². The molecule has 4 aromatic rings. The highest BCUT2D eigenvalue weighted by atomic mass is 33.1. The van der Waals surface area contributed by atoms with Gasteiger partial charge < -0.3 is 50.3 Å². The average molecular weight is 1090 g/mol. The number of hydrogen-bond donors (Lipinski definition) is 4. The van der Waals surface area contributed by atoms with Crippen molar-refractivity contribution >= 4 is 103 Å². The maximum atomic E-state index is 14.8. The molecule has 8 atom stereocenters. The molecule has 2 bridgehead atoms. The van der Waals surface area contributed by atoms with Gasteiger partial charge in [-0.3, -0.25) is 48.3 Å². The molecular formula is C50H62N12O12S2. The number of aromatic nitrogens is 4. The summed E-state index contributed by atoms with van der Waals surface area (Å²) in [5.41, 5.74) is 1.39. The van der Waals surface area contributed by atoms with Crippen molar-refractivity contribution in [3.63, 3.8) is 0 Å². The summed E-state index contributed by atoms with van der Waals surface area (Å²) in [6.07, 6.45) is 2.40. The minimum atomic E-state index is -1.65. The monoisotopic (exact) mass is 1090 g/mol. The van der Waals surface area contributed by atoms with E-state index in [-0.39, 0.29) is 22.9 Å². The Kier molecular flexibility index (Phi) is 19.3. The number of fused-ring (bicyclic) bond motifs is 7. The van der Waals surface area contributed by atoms with Gasteiger partial charge in [0.1, 0.15) is 72.9 Å². The van der Waals surface area contributed by atoms with Gasteiger partial charge in [0.05, 0.1) is 34.5 Å². The fraction of sp³-hybridized carbons (Fsp3) is 0.480. The highest BCUT2D eigenvalue weighted by molar-refractivity contribution is 8.76. The van der Waals surface area contributed by atoms with Crippen molar-refractivity contribution in [3.05, 3.63) is 72.3 Å². The minimum Gasteiger partial charge on any atom is -0.461 e. The first-order valence-corrected chi connectivity index (χ1v) is 26.8. The summed E-state index contributed by atoms with van der Waals surface area (Å²) in [6.45, 7) is 7.71. The molecule has 2 aromatic heterocycles. The van der Waals surface area contributed by atoms with Crippen LogP contribution in [0.15, 0.2) is 60.9 Å². The van der Waals surface area contributed by atoms with Crippen molar-refractivity contribution in [2.45, 2.75) is 89.9 Å². The number of carbonyl (C=O) groups is 10. The zero-order valence-corrected chi connectivity index (χ0v) is 45.3. The first kappa shape index (κ1) is 57.8. The lowest BCUT2D eigenvalue weighted by atomic mass is 10.0. The van der Waals surface area contributed by atoms with Crippen LogP contribution in [0.5, 0.6) is 0 Å². The second-order valence-corrected chi connectivity index (χ2v) is 21.6. The number of cyclic esters (lactones) is 2. The van der Waals surface area contributed by atoms with Crippen LogP contribution in [0, 0.1) is 11.8 Å². The third-order valence-electron chi connectivity index (χ3n) is 12.9. The van der Waals surface area contributed by atoms with Gasteiger partial charge in [-0.1, -0.05) is 73.5 Å². The zero-order chi connectivity index (χ0) is 55.7. The maximum Gasteiger partial charge on any atom is 0.329 e. The highest BCUT2D eigenvalue weighted by Gasteiger charge is 2.42. The summed E-state index contributed by atoms with van der Waals surface area (Å²) in [7, 11) is 7.48. The summed E-state index contributed by atoms with van der Waals surface area (Å²) in [6, 6.07) is 2.10. The van der Waals surface area contributed by atoms with Gasteiger partial charge in [-0.25, -0.2) is 19.6 Å². The van der Waals surface area contributed by atoms with Gasteiger partial charge in [0, 0.05) is 39.7 Å². The van der Waals surface area contributed by atoms with Crippen molar-refractivity contribution in [1.29, 1.82) is 0 Å². The van der Waals surface area contributed by atoms with Crippen molar-refractivity contribution in [2.75, 3.05) is 52.9 Å². The molecule has 406 valence electrons. The predicted molar refractivity (Wildman–Crippen MR) is 280 cm³/mol. The number of amides is 8. The molecule has 6 rings (SSSR count). The molecular weight excluding hydrogens is 1020 g/mol. The number of nitrogens with zero attached hydrogens (tertiary/aromatic N) is 8. The molecule has 2 aliphatic rings. The second kappa shape index (κ2) is 25.4. The van der Waals surface area contributed by atoms with Gasteiger partial charge in [-0.15, -0.1) is 0 Å². The van der Waals surface area contributed by atoms with Crippen molar-refractivity contribution in [1.82, 2.24) is 60.8 Å². The maximum absolute atomic E-state index is 14.8. The van der Waals surface area contributed by atoms with E-state index in [4.69, 9.17) is 9.47 Å². The van der Waals surface area contributed by atoms with Crippen LogP contribution in [0.25, 0.3) is 22.1 Å². The Morgan fingerprint density at radius 3 is 1.24 bits per heavy atom. The molecule has 4 N–H and O–H groups in total. The molecule has 2 fully saturated rings. The predicted octanol–water partition coefficient (Wildman–Crippen LogP) is 0.594. The van der Waals surface area contributed by atoms with Crippen LogP contribution in [0.1, 0.15) is 62.5 Å². The van der Waals surface area contributed by atoms with Crippen molar-refractivity contribution in [2.24, 2.45) is 11.8 Å². The van der Waals surface area contributed by atoms with Crippen LogP contribution in [-0.4, -0.2) is 200 Å². The van der Waals surface area contributed by atoms with Crippen LogP contribution in [-0.2, 0) is 47.8 Å². The number of rotatable bonds is 6. The van der Waals surface area contributed by atoms with Gasteiger partial charge in [0.15, 0.2) is 0 Å².